The highest BCUT2D eigenvalue weighted by Crippen LogP contribution is 2.17. The fraction of sp³-hybridized carbons (Fsp3) is 0.412. The van der Waals surface area contributed by atoms with E-state index in [0.717, 1.165) is 0 Å². The molecule has 0 aliphatic rings. The molecule has 1 N–H and O–H groups in total. The molecule has 25 heavy (non-hydrogen) atoms. The Hall–Kier alpha value is -2.41. The normalized spacial score (nSPS) is 12.1. The van der Waals surface area contributed by atoms with Crippen molar-refractivity contribution in [1.29, 1.82) is 0 Å². The van der Waals surface area contributed by atoms with Crippen LogP contribution in [-0.2, 0) is 9.53 Å². The monoisotopic (exact) mass is 364 g/mol. The van der Waals surface area contributed by atoms with Crippen LogP contribution >= 0.6 is 11.6 Å². The summed E-state index contributed by atoms with van der Waals surface area (Å²) in [4.78, 5) is 24.5. The number of carbonyl (C=O) groups excluding carboxylic acids is 2. The number of carbonyl (C=O) groups is 2. The van der Waals surface area contributed by atoms with Crippen LogP contribution in [0.2, 0.25) is 5.02 Å². The van der Waals surface area contributed by atoms with Gasteiger partial charge < -0.3 is 10.1 Å². The number of ether oxygens (including phenoxy) is 1. The Morgan fingerprint density at radius 1 is 1.36 bits per heavy atom. The summed E-state index contributed by atoms with van der Waals surface area (Å²) in [6.45, 7) is 7.36. The number of hydrogen-bond donors (Lipinski definition) is 1. The fourth-order valence-corrected chi connectivity index (χ4v) is 2.52. The van der Waals surface area contributed by atoms with Crippen LogP contribution in [0.25, 0.3) is 5.69 Å². The molecule has 8 heteroatoms. The van der Waals surface area contributed by atoms with Gasteiger partial charge in [0.05, 0.1) is 18.0 Å². The number of hydrogen-bond acceptors (Lipinski definition) is 5. The van der Waals surface area contributed by atoms with Crippen LogP contribution in [0.15, 0.2) is 24.3 Å². The van der Waals surface area contributed by atoms with Crippen molar-refractivity contribution in [2.75, 3.05) is 6.61 Å². The zero-order valence-electron chi connectivity index (χ0n) is 14.6. The predicted octanol–water partition coefficient (Wildman–Crippen LogP) is 2.55. The molecule has 2 rings (SSSR count). The van der Waals surface area contributed by atoms with Gasteiger partial charge in [-0.05, 0) is 38.0 Å². The Balaban J connectivity index is 2.24. The summed E-state index contributed by atoms with van der Waals surface area (Å²) >= 11 is 5.99. The average molecular weight is 365 g/mol. The molecule has 0 radical (unpaired) electrons. The molecule has 1 aromatic carbocycles. The van der Waals surface area contributed by atoms with Crippen LogP contribution in [0, 0.1) is 12.8 Å². The summed E-state index contributed by atoms with van der Waals surface area (Å²) in [5.41, 5.74) is 1.39. The molecule has 1 heterocycles. The molecule has 0 aliphatic carbocycles. The third kappa shape index (κ3) is 4.36. The number of esters is 1. The van der Waals surface area contributed by atoms with E-state index in [9.17, 15) is 9.59 Å². The lowest BCUT2D eigenvalue weighted by atomic mass is 10.0. The van der Waals surface area contributed by atoms with E-state index in [1.807, 2.05) is 19.9 Å². The van der Waals surface area contributed by atoms with Gasteiger partial charge in [0, 0.05) is 5.02 Å². The molecule has 1 atom stereocenters. The Morgan fingerprint density at radius 3 is 2.68 bits per heavy atom. The maximum absolute atomic E-state index is 12.5. The van der Waals surface area contributed by atoms with Crippen molar-refractivity contribution in [2.24, 2.45) is 5.92 Å². The first-order chi connectivity index (χ1) is 11.8. The van der Waals surface area contributed by atoms with Crippen LogP contribution in [0.5, 0.6) is 0 Å². The molecule has 134 valence electrons. The lowest BCUT2D eigenvalue weighted by molar-refractivity contribution is -0.146. The fourth-order valence-electron chi connectivity index (χ4n) is 2.33. The van der Waals surface area contributed by atoms with E-state index in [1.165, 1.54) is 4.68 Å². The van der Waals surface area contributed by atoms with Crippen LogP contribution in [0.3, 0.4) is 0 Å². The Bertz CT molecular complexity index is 773. The van der Waals surface area contributed by atoms with Crippen molar-refractivity contribution in [3.8, 4) is 5.69 Å². The van der Waals surface area contributed by atoms with Gasteiger partial charge in [0.25, 0.3) is 5.91 Å². The molecule has 0 aliphatic heterocycles. The number of rotatable bonds is 6. The molecule has 0 fully saturated rings. The first kappa shape index (κ1) is 18.9. The minimum atomic E-state index is -0.747. The standard InChI is InChI=1S/C17H21ClN4O3/c1-5-25-17(24)14(10(2)3)19-16(23)15-11(4)22(21-20-15)13-8-6-7-12(18)9-13/h6-10,14H,5H2,1-4H3,(H,19,23)/t14-/m1/s1. The third-order valence-corrected chi connectivity index (χ3v) is 3.89. The second kappa shape index (κ2) is 8.11. The molecule has 2 aromatic rings. The van der Waals surface area contributed by atoms with Crippen molar-refractivity contribution in [2.45, 2.75) is 33.7 Å². The van der Waals surface area contributed by atoms with E-state index in [4.69, 9.17) is 16.3 Å². The van der Waals surface area contributed by atoms with Crippen molar-refractivity contribution in [3.63, 3.8) is 0 Å². The first-order valence-electron chi connectivity index (χ1n) is 8.00. The summed E-state index contributed by atoms with van der Waals surface area (Å²) in [7, 11) is 0. The van der Waals surface area contributed by atoms with Gasteiger partial charge >= 0.3 is 5.97 Å². The van der Waals surface area contributed by atoms with Crippen molar-refractivity contribution >= 4 is 23.5 Å². The van der Waals surface area contributed by atoms with Crippen LogP contribution < -0.4 is 5.32 Å². The zero-order valence-corrected chi connectivity index (χ0v) is 15.4. The van der Waals surface area contributed by atoms with E-state index in [-0.39, 0.29) is 18.2 Å². The van der Waals surface area contributed by atoms with Crippen molar-refractivity contribution < 1.29 is 14.3 Å². The predicted molar refractivity (Wildman–Crippen MR) is 93.8 cm³/mol. The Labute approximate surface area is 151 Å². The van der Waals surface area contributed by atoms with Crippen LogP contribution in [-0.4, -0.2) is 39.5 Å². The largest absolute Gasteiger partial charge is 0.464 e. The van der Waals surface area contributed by atoms with Gasteiger partial charge in [0.15, 0.2) is 5.69 Å². The molecule has 1 aromatic heterocycles. The quantitative estimate of drug-likeness (QED) is 0.796. The smallest absolute Gasteiger partial charge is 0.328 e. The van der Waals surface area contributed by atoms with E-state index in [1.54, 1.807) is 32.0 Å². The molecule has 0 saturated carbocycles. The topological polar surface area (TPSA) is 86.1 Å². The highest BCUT2D eigenvalue weighted by atomic mass is 35.5. The second-order valence-corrected chi connectivity index (χ2v) is 6.30. The van der Waals surface area contributed by atoms with Crippen molar-refractivity contribution in [1.82, 2.24) is 20.3 Å². The molecular formula is C17H21ClN4O3. The molecule has 0 spiro atoms. The number of aromatic nitrogens is 3. The summed E-state index contributed by atoms with van der Waals surface area (Å²) in [6, 6.07) is 6.32. The molecule has 0 unspecified atom stereocenters. The van der Waals surface area contributed by atoms with Gasteiger partial charge in [-0.1, -0.05) is 36.7 Å². The maximum atomic E-state index is 12.5. The SMILES string of the molecule is CCOC(=O)[C@H](NC(=O)c1nnn(-c2cccc(Cl)c2)c1C)C(C)C. The average Bonchev–Trinajstić information content (AvgIpc) is 2.94. The molecule has 1 amide bonds. The number of amides is 1. The summed E-state index contributed by atoms with van der Waals surface area (Å²) in [5.74, 6) is -1.06. The number of nitrogens with one attached hydrogen (secondary N) is 1. The molecular weight excluding hydrogens is 344 g/mol. The maximum Gasteiger partial charge on any atom is 0.328 e. The molecule has 0 bridgehead atoms. The van der Waals surface area contributed by atoms with Gasteiger partial charge in [-0.15, -0.1) is 5.10 Å². The lowest BCUT2D eigenvalue weighted by Crippen LogP contribution is -2.45. The lowest BCUT2D eigenvalue weighted by Gasteiger charge is -2.20. The number of halogens is 1. The van der Waals surface area contributed by atoms with E-state index < -0.39 is 17.9 Å². The van der Waals surface area contributed by atoms with Gasteiger partial charge in [-0.3, -0.25) is 4.79 Å². The minimum absolute atomic E-state index is 0.119. The third-order valence-electron chi connectivity index (χ3n) is 3.66. The molecule has 7 nitrogen and oxygen atoms in total. The zero-order chi connectivity index (χ0) is 18.6. The van der Waals surface area contributed by atoms with Crippen LogP contribution in [0.4, 0.5) is 0 Å². The first-order valence-corrected chi connectivity index (χ1v) is 8.38. The Kier molecular flexibility index (Phi) is 6.14. The number of nitrogens with zero attached hydrogens (tertiary/aromatic N) is 3. The van der Waals surface area contributed by atoms with Gasteiger partial charge in [-0.25, -0.2) is 9.48 Å². The van der Waals surface area contributed by atoms with Gasteiger partial charge in [0.1, 0.15) is 6.04 Å². The van der Waals surface area contributed by atoms with E-state index in [2.05, 4.69) is 15.6 Å². The molecule has 0 saturated heterocycles. The second-order valence-electron chi connectivity index (χ2n) is 5.86. The summed E-state index contributed by atoms with van der Waals surface area (Å²) in [6.07, 6.45) is 0. The number of benzene rings is 1. The Morgan fingerprint density at radius 2 is 2.08 bits per heavy atom. The highest BCUT2D eigenvalue weighted by molar-refractivity contribution is 6.30. The summed E-state index contributed by atoms with van der Waals surface area (Å²) < 4.78 is 6.53. The summed E-state index contributed by atoms with van der Waals surface area (Å²) in [5, 5.41) is 11.2. The van der Waals surface area contributed by atoms with E-state index >= 15 is 0 Å². The van der Waals surface area contributed by atoms with Crippen LogP contribution in [0.1, 0.15) is 37.0 Å². The van der Waals surface area contributed by atoms with Crippen molar-refractivity contribution in [3.05, 3.63) is 40.7 Å². The van der Waals surface area contributed by atoms with Gasteiger partial charge in [-0.2, -0.15) is 0 Å². The minimum Gasteiger partial charge on any atom is -0.464 e. The van der Waals surface area contributed by atoms with E-state index in [0.29, 0.717) is 16.4 Å². The highest BCUT2D eigenvalue weighted by Gasteiger charge is 2.28. The van der Waals surface area contributed by atoms with Gasteiger partial charge in [0.2, 0.25) is 0 Å².